The van der Waals surface area contributed by atoms with Gasteiger partial charge < -0.3 is 4.74 Å². The van der Waals surface area contributed by atoms with Gasteiger partial charge in [-0.2, -0.15) is 0 Å². The minimum Gasteiger partial charge on any atom is -0.469 e. The lowest BCUT2D eigenvalue weighted by molar-refractivity contribution is -0.140. The number of ether oxygens (including phenoxy) is 1. The molecule has 0 radical (unpaired) electrons. The molecule has 1 aromatic rings. The molecular weight excluding hydrogens is 192 g/mol. The first-order chi connectivity index (χ1) is 7.22. The fraction of sp³-hybridized carbons (Fsp3) is 0.455. The molecule has 1 aromatic heterocycles. The van der Waals surface area contributed by atoms with E-state index in [1.807, 2.05) is 30.1 Å². The van der Waals surface area contributed by atoms with Crippen LogP contribution in [0.25, 0.3) is 0 Å². The van der Waals surface area contributed by atoms with Crippen LogP contribution in [-0.2, 0) is 16.1 Å². The normalized spacial score (nSPS) is 10.3. The largest absolute Gasteiger partial charge is 0.469 e. The number of hydrogen-bond acceptors (Lipinski definition) is 4. The highest BCUT2D eigenvalue weighted by Crippen LogP contribution is 1.99. The summed E-state index contributed by atoms with van der Waals surface area (Å²) < 4.78 is 4.57. The molecule has 1 heterocycles. The van der Waals surface area contributed by atoms with Gasteiger partial charge in [-0.15, -0.1) is 0 Å². The minimum atomic E-state index is -0.178. The molecule has 0 N–H and O–H groups in total. The summed E-state index contributed by atoms with van der Waals surface area (Å²) in [5.74, 6) is -0.178. The molecule has 0 spiro atoms. The number of aromatic nitrogens is 1. The van der Waals surface area contributed by atoms with Gasteiger partial charge in [0.1, 0.15) is 0 Å². The molecule has 0 atom stereocenters. The fourth-order valence-electron chi connectivity index (χ4n) is 1.23. The summed E-state index contributed by atoms with van der Waals surface area (Å²) in [6.07, 6.45) is 2.18. The topological polar surface area (TPSA) is 42.4 Å². The van der Waals surface area contributed by atoms with Crippen LogP contribution in [0, 0.1) is 0 Å². The van der Waals surface area contributed by atoms with Gasteiger partial charge in [0.2, 0.25) is 0 Å². The molecule has 1 rings (SSSR count). The van der Waals surface area contributed by atoms with Gasteiger partial charge in [0.05, 0.1) is 19.2 Å². The van der Waals surface area contributed by atoms with E-state index in [-0.39, 0.29) is 5.97 Å². The Bertz CT molecular complexity index is 301. The van der Waals surface area contributed by atoms with Gasteiger partial charge in [-0.1, -0.05) is 6.07 Å². The minimum absolute atomic E-state index is 0.178. The molecule has 0 aliphatic heterocycles. The maximum Gasteiger partial charge on any atom is 0.306 e. The summed E-state index contributed by atoms with van der Waals surface area (Å²) in [5.41, 5.74) is 1.00. The van der Waals surface area contributed by atoms with E-state index >= 15 is 0 Å². The summed E-state index contributed by atoms with van der Waals surface area (Å²) in [5, 5.41) is 0. The highest BCUT2D eigenvalue weighted by atomic mass is 16.5. The molecule has 0 aliphatic rings. The van der Waals surface area contributed by atoms with Crippen LogP contribution in [0.3, 0.4) is 0 Å². The summed E-state index contributed by atoms with van der Waals surface area (Å²) >= 11 is 0. The van der Waals surface area contributed by atoms with Crippen molar-refractivity contribution in [1.82, 2.24) is 9.88 Å². The second-order valence-electron chi connectivity index (χ2n) is 3.38. The highest BCUT2D eigenvalue weighted by Gasteiger charge is 2.04. The average Bonchev–Trinajstić information content (AvgIpc) is 2.27. The number of carbonyl (C=O) groups is 1. The third-order valence-corrected chi connectivity index (χ3v) is 2.08. The zero-order chi connectivity index (χ0) is 11.1. The van der Waals surface area contributed by atoms with E-state index in [2.05, 4.69) is 9.72 Å². The van der Waals surface area contributed by atoms with Gasteiger partial charge >= 0.3 is 5.97 Å². The summed E-state index contributed by atoms with van der Waals surface area (Å²) in [4.78, 5) is 17.2. The number of pyridine rings is 1. The Hall–Kier alpha value is -1.42. The van der Waals surface area contributed by atoms with Gasteiger partial charge in [0.25, 0.3) is 0 Å². The van der Waals surface area contributed by atoms with Crippen LogP contribution in [0.4, 0.5) is 0 Å². The number of carbonyl (C=O) groups excluding carboxylic acids is 1. The predicted octanol–water partition coefficient (Wildman–Crippen LogP) is 1.08. The Morgan fingerprint density at radius 1 is 1.53 bits per heavy atom. The van der Waals surface area contributed by atoms with Gasteiger partial charge in [-0.3, -0.25) is 14.7 Å². The predicted molar refractivity (Wildman–Crippen MR) is 57.2 cm³/mol. The number of hydrogen-bond donors (Lipinski definition) is 0. The second kappa shape index (κ2) is 6.14. The molecule has 0 aromatic carbocycles. The zero-order valence-electron chi connectivity index (χ0n) is 9.14. The van der Waals surface area contributed by atoms with Crippen LogP contribution in [0.1, 0.15) is 12.1 Å². The lowest BCUT2D eigenvalue weighted by atomic mass is 10.3. The Labute approximate surface area is 89.9 Å². The lowest BCUT2D eigenvalue weighted by Crippen LogP contribution is -2.22. The second-order valence-corrected chi connectivity index (χ2v) is 3.38. The maximum absolute atomic E-state index is 10.9. The molecule has 4 nitrogen and oxygen atoms in total. The molecular formula is C11H16N2O2. The quantitative estimate of drug-likeness (QED) is 0.679. The molecule has 15 heavy (non-hydrogen) atoms. The summed E-state index contributed by atoms with van der Waals surface area (Å²) in [7, 11) is 3.36. The van der Waals surface area contributed by atoms with Gasteiger partial charge in [-0.25, -0.2) is 0 Å². The van der Waals surface area contributed by atoms with E-state index in [0.717, 1.165) is 12.2 Å². The molecule has 0 saturated carbocycles. The van der Waals surface area contributed by atoms with Crippen molar-refractivity contribution in [3.8, 4) is 0 Å². The Balaban J connectivity index is 2.30. The number of esters is 1. The number of nitrogens with zero attached hydrogens (tertiary/aromatic N) is 2. The first-order valence-electron chi connectivity index (χ1n) is 4.87. The third kappa shape index (κ3) is 4.56. The van der Waals surface area contributed by atoms with E-state index in [0.29, 0.717) is 13.0 Å². The van der Waals surface area contributed by atoms with Crippen molar-refractivity contribution >= 4 is 5.97 Å². The molecule has 0 amide bonds. The first-order valence-corrected chi connectivity index (χ1v) is 4.87. The van der Waals surface area contributed by atoms with E-state index in [1.54, 1.807) is 6.20 Å². The van der Waals surface area contributed by atoms with Crippen molar-refractivity contribution in [1.29, 1.82) is 0 Å². The van der Waals surface area contributed by atoms with E-state index in [9.17, 15) is 4.79 Å². The van der Waals surface area contributed by atoms with Crippen LogP contribution < -0.4 is 0 Å². The van der Waals surface area contributed by atoms with Crippen molar-refractivity contribution in [3.63, 3.8) is 0 Å². The standard InChI is InChI=1S/C11H16N2O2/c1-13(8-6-11(14)15-2)9-10-5-3-4-7-12-10/h3-5,7H,6,8-9H2,1-2H3. The molecule has 0 aliphatic carbocycles. The lowest BCUT2D eigenvalue weighted by Gasteiger charge is -2.14. The van der Waals surface area contributed by atoms with Crippen molar-refractivity contribution in [3.05, 3.63) is 30.1 Å². The maximum atomic E-state index is 10.9. The summed E-state index contributed by atoms with van der Waals surface area (Å²) in [6.45, 7) is 1.43. The van der Waals surface area contributed by atoms with E-state index in [4.69, 9.17) is 0 Å². The average molecular weight is 208 g/mol. The highest BCUT2D eigenvalue weighted by molar-refractivity contribution is 5.69. The van der Waals surface area contributed by atoms with Crippen LogP contribution in [0.2, 0.25) is 0 Å². The van der Waals surface area contributed by atoms with Crippen molar-refractivity contribution in [2.75, 3.05) is 20.7 Å². The zero-order valence-corrected chi connectivity index (χ0v) is 9.14. The molecule has 0 unspecified atom stereocenters. The Kier molecular flexibility index (Phi) is 4.77. The smallest absolute Gasteiger partial charge is 0.306 e. The van der Waals surface area contributed by atoms with Crippen molar-refractivity contribution in [2.24, 2.45) is 0 Å². The molecule has 0 fully saturated rings. The van der Waals surface area contributed by atoms with Crippen LogP contribution >= 0.6 is 0 Å². The van der Waals surface area contributed by atoms with E-state index in [1.165, 1.54) is 7.11 Å². The van der Waals surface area contributed by atoms with Crippen molar-refractivity contribution in [2.45, 2.75) is 13.0 Å². The number of rotatable bonds is 5. The van der Waals surface area contributed by atoms with Crippen molar-refractivity contribution < 1.29 is 9.53 Å². The Morgan fingerprint density at radius 2 is 2.33 bits per heavy atom. The Morgan fingerprint density at radius 3 is 2.93 bits per heavy atom. The van der Waals surface area contributed by atoms with Crippen LogP contribution in [0.5, 0.6) is 0 Å². The molecule has 4 heteroatoms. The van der Waals surface area contributed by atoms with Gasteiger partial charge in [0, 0.05) is 19.3 Å². The third-order valence-electron chi connectivity index (χ3n) is 2.08. The van der Waals surface area contributed by atoms with Gasteiger partial charge in [-0.05, 0) is 19.2 Å². The van der Waals surface area contributed by atoms with Crippen LogP contribution in [0.15, 0.2) is 24.4 Å². The number of methoxy groups -OCH3 is 1. The fourth-order valence-corrected chi connectivity index (χ4v) is 1.23. The molecule has 0 bridgehead atoms. The first kappa shape index (κ1) is 11.7. The van der Waals surface area contributed by atoms with Gasteiger partial charge in [0.15, 0.2) is 0 Å². The summed E-state index contributed by atoms with van der Waals surface area (Å²) in [6, 6.07) is 5.81. The monoisotopic (exact) mass is 208 g/mol. The molecule has 0 saturated heterocycles. The van der Waals surface area contributed by atoms with Crippen LogP contribution in [-0.4, -0.2) is 36.6 Å². The SMILES string of the molecule is COC(=O)CCN(C)Cc1ccccn1. The van der Waals surface area contributed by atoms with E-state index < -0.39 is 0 Å². The molecule has 82 valence electrons.